The summed E-state index contributed by atoms with van der Waals surface area (Å²) in [5, 5.41) is 3.14. The molecule has 6 rings (SSSR count). The summed E-state index contributed by atoms with van der Waals surface area (Å²) in [7, 11) is 1.62. The van der Waals surface area contributed by atoms with Gasteiger partial charge < -0.3 is 24.5 Å². The minimum atomic E-state index is -0.198. The summed E-state index contributed by atoms with van der Waals surface area (Å²) in [5.74, 6) is -0.109. The van der Waals surface area contributed by atoms with Gasteiger partial charge in [0.25, 0.3) is 11.9 Å². The molecule has 1 amide bonds. The largest absolute Gasteiger partial charge is 0.456 e. The number of carbonyl (C=O) groups is 1. The molecule has 3 atom stereocenters. The molecule has 0 bridgehead atoms. The Morgan fingerprint density at radius 1 is 1.06 bits per heavy atom. The molecule has 9 heteroatoms. The predicted molar refractivity (Wildman–Crippen MR) is 132 cm³/mol. The molecule has 2 aliphatic rings. The molecule has 0 saturated carbocycles. The van der Waals surface area contributed by atoms with Crippen molar-refractivity contribution < 1.29 is 19.0 Å². The van der Waals surface area contributed by atoms with Crippen molar-refractivity contribution >= 4 is 28.7 Å². The number of nitrogens with zero attached hydrogens (tertiary/aromatic N) is 2. The van der Waals surface area contributed by atoms with Gasteiger partial charge in [0, 0.05) is 24.8 Å². The molecule has 0 spiro atoms. The molecule has 0 aliphatic carbocycles. The number of H-pyrrole nitrogens is 1. The number of fused-ring (bicyclic) bond motifs is 2. The Hall–Kier alpha value is -3.46. The van der Waals surface area contributed by atoms with Gasteiger partial charge in [0.15, 0.2) is 11.8 Å². The van der Waals surface area contributed by atoms with Crippen molar-refractivity contribution in [1.29, 1.82) is 0 Å². The second-order valence-electron chi connectivity index (χ2n) is 8.62. The number of pyridine rings is 1. The second-order valence-corrected chi connectivity index (χ2v) is 9.03. The molecule has 2 aromatic heterocycles. The molecule has 35 heavy (non-hydrogen) atoms. The van der Waals surface area contributed by atoms with Crippen LogP contribution in [0.1, 0.15) is 16.8 Å². The molecule has 4 heterocycles. The molecular weight excluding hydrogens is 468 g/mol. The standard InChI is InChI=1S/C26H23ClN4O4/c1-28-25(32)17-8-4-15(5-9-17)14-2-6-16(7-3-14)22-18(27)12-19-24(30-22)31-26(29-19)35-21-13-34-20-10-11-33-23(20)21/h2-9,12,20-21,23H,10-11,13H2,1H3,(H,28,32)(H,29,30,31)/t20-,21-,23+/m1/s1. The Balaban J connectivity index is 1.23. The maximum atomic E-state index is 11.8. The Morgan fingerprint density at radius 2 is 1.77 bits per heavy atom. The maximum absolute atomic E-state index is 11.8. The van der Waals surface area contributed by atoms with E-state index in [0.29, 0.717) is 46.7 Å². The topological polar surface area (TPSA) is 98.4 Å². The second kappa shape index (κ2) is 8.96. The molecular formula is C26H23ClN4O4. The minimum Gasteiger partial charge on any atom is -0.456 e. The van der Waals surface area contributed by atoms with Gasteiger partial charge in [-0.05, 0) is 35.7 Å². The first kappa shape index (κ1) is 22.0. The van der Waals surface area contributed by atoms with E-state index in [1.54, 1.807) is 7.05 Å². The average Bonchev–Trinajstić information content (AvgIpc) is 3.60. The van der Waals surface area contributed by atoms with E-state index in [0.717, 1.165) is 23.1 Å². The van der Waals surface area contributed by atoms with E-state index in [1.807, 2.05) is 54.6 Å². The first-order valence-electron chi connectivity index (χ1n) is 11.5. The van der Waals surface area contributed by atoms with Gasteiger partial charge in [0.1, 0.15) is 6.10 Å². The number of rotatable bonds is 5. The highest BCUT2D eigenvalue weighted by molar-refractivity contribution is 6.33. The van der Waals surface area contributed by atoms with E-state index < -0.39 is 0 Å². The van der Waals surface area contributed by atoms with Crippen LogP contribution in [-0.4, -0.2) is 59.4 Å². The smallest absolute Gasteiger partial charge is 0.296 e. The lowest BCUT2D eigenvalue weighted by atomic mass is 10.0. The molecule has 2 saturated heterocycles. The number of imidazole rings is 1. The van der Waals surface area contributed by atoms with Gasteiger partial charge in [-0.2, -0.15) is 4.98 Å². The van der Waals surface area contributed by atoms with Crippen LogP contribution in [0.15, 0.2) is 54.6 Å². The van der Waals surface area contributed by atoms with Crippen molar-refractivity contribution in [3.8, 4) is 28.4 Å². The van der Waals surface area contributed by atoms with Crippen molar-refractivity contribution in [3.05, 3.63) is 65.2 Å². The zero-order valence-corrected chi connectivity index (χ0v) is 19.7. The fourth-order valence-corrected chi connectivity index (χ4v) is 4.87. The van der Waals surface area contributed by atoms with Crippen molar-refractivity contribution in [2.45, 2.75) is 24.7 Å². The fraction of sp³-hybridized carbons (Fsp3) is 0.269. The zero-order chi connectivity index (χ0) is 23.9. The van der Waals surface area contributed by atoms with E-state index in [-0.39, 0.29) is 24.2 Å². The van der Waals surface area contributed by atoms with E-state index >= 15 is 0 Å². The zero-order valence-electron chi connectivity index (χ0n) is 19.0. The van der Waals surface area contributed by atoms with Crippen LogP contribution < -0.4 is 10.1 Å². The van der Waals surface area contributed by atoms with Crippen LogP contribution in [0, 0.1) is 0 Å². The SMILES string of the molecule is CNC(=O)c1ccc(-c2ccc(-c3nc4nc(O[C@@H]5CO[C@@H]6CCO[C@@H]65)[nH]c4cc3Cl)cc2)cc1. The summed E-state index contributed by atoms with van der Waals surface area (Å²) in [6.07, 6.45) is 0.732. The van der Waals surface area contributed by atoms with Crippen molar-refractivity contribution in [3.63, 3.8) is 0 Å². The highest BCUT2D eigenvalue weighted by Gasteiger charge is 2.43. The minimum absolute atomic E-state index is 0.0613. The number of aromatic amines is 1. The van der Waals surface area contributed by atoms with Crippen molar-refractivity contribution in [2.75, 3.05) is 20.3 Å². The Kier molecular flexibility index (Phi) is 5.64. The number of hydrogen-bond acceptors (Lipinski definition) is 6. The normalized spacial score (nSPS) is 21.3. The number of amides is 1. The van der Waals surface area contributed by atoms with Crippen molar-refractivity contribution in [1.82, 2.24) is 20.3 Å². The Bertz CT molecular complexity index is 1390. The number of benzene rings is 2. The molecule has 0 radical (unpaired) electrons. The van der Waals surface area contributed by atoms with Crippen LogP contribution in [0.5, 0.6) is 6.01 Å². The molecule has 2 N–H and O–H groups in total. The summed E-state index contributed by atoms with van der Waals surface area (Å²) in [6.45, 7) is 1.17. The highest BCUT2D eigenvalue weighted by Crippen LogP contribution is 2.33. The number of halogens is 1. The molecule has 178 valence electrons. The fourth-order valence-electron chi connectivity index (χ4n) is 4.61. The molecule has 8 nitrogen and oxygen atoms in total. The lowest BCUT2D eigenvalue weighted by Gasteiger charge is -2.15. The highest BCUT2D eigenvalue weighted by atomic mass is 35.5. The molecule has 2 aromatic carbocycles. The van der Waals surface area contributed by atoms with Crippen LogP contribution in [0.25, 0.3) is 33.5 Å². The molecule has 2 aliphatic heterocycles. The van der Waals surface area contributed by atoms with Gasteiger partial charge in [0.05, 0.1) is 28.9 Å². The summed E-state index contributed by atoms with van der Waals surface area (Å²) < 4.78 is 17.5. The molecule has 0 unspecified atom stereocenters. The van der Waals surface area contributed by atoms with Crippen LogP contribution in [-0.2, 0) is 9.47 Å². The van der Waals surface area contributed by atoms with Gasteiger partial charge in [-0.3, -0.25) is 4.79 Å². The van der Waals surface area contributed by atoms with Crippen LogP contribution >= 0.6 is 11.6 Å². The maximum Gasteiger partial charge on any atom is 0.296 e. The van der Waals surface area contributed by atoms with E-state index in [4.69, 9.17) is 25.8 Å². The first-order valence-corrected chi connectivity index (χ1v) is 11.9. The van der Waals surface area contributed by atoms with Gasteiger partial charge in [-0.25, -0.2) is 4.98 Å². The summed E-state index contributed by atoms with van der Waals surface area (Å²) >= 11 is 6.58. The van der Waals surface area contributed by atoms with Crippen molar-refractivity contribution in [2.24, 2.45) is 0 Å². The average molecular weight is 491 g/mol. The first-order chi connectivity index (χ1) is 17.1. The van der Waals surface area contributed by atoms with Gasteiger partial charge in [0.2, 0.25) is 0 Å². The Labute approximate surface area is 206 Å². The molecule has 2 fully saturated rings. The van der Waals surface area contributed by atoms with Gasteiger partial charge in [-0.15, -0.1) is 0 Å². The lowest BCUT2D eigenvalue weighted by molar-refractivity contribution is 0.0273. The Morgan fingerprint density at radius 3 is 2.51 bits per heavy atom. The van der Waals surface area contributed by atoms with Gasteiger partial charge in [-0.1, -0.05) is 48.0 Å². The third-order valence-electron chi connectivity index (χ3n) is 6.45. The third-order valence-corrected chi connectivity index (χ3v) is 6.74. The summed E-state index contributed by atoms with van der Waals surface area (Å²) in [4.78, 5) is 24.1. The van der Waals surface area contributed by atoms with Crippen LogP contribution in [0.4, 0.5) is 0 Å². The quantitative estimate of drug-likeness (QED) is 0.434. The number of ether oxygens (including phenoxy) is 3. The lowest BCUT2D eigenvalue weighted by Crippen LogP contribution is -2.32. The van der Waals surface area contributed by atoms with Crippen LogP contribution in [0.3, 0.4) is 0 Å². The van der Waals surface area contributed by atoms with E-state index in [9.17, 15) is 4.79 Å². The van der Waals surface area contributed by atoms with E-state index in [2.05, 4.69) is 20.3 Å². The van der Waals surface area contributed by atoms with Crippen LogP contribution in [0.2, 0.25) is 5.02 Å². The number of aromatic nitrogens is 3. The third kappa shape index (κ3) is 4.14. The monoisotopic (exact) mass is 490 g/mol. The number of carbonyl (C=O) groups excluding carboxylic acids is 1. The molecule has 4 aromatic rings. The number of hydrogen-bond donors (Lipinski definition) is 2. The number of nitrogens with one attached hydrogen (secondary N) is 2. The summed E-state index contributed by atoms with van der Waals surface area (Å²) in [6, 6.07) is 17.6. The van der Waals surface area contributed by atoms with Gasteiger partial charge >= 0.3 is 0 Å². The van der Waals surface area contributed by atoms with E-state index in [1.165, 1.54) is 0 Å². The summed E-state index contributed by atoms with van der Waals surface area (Å²) in [5.41, 5.74) is 5.39. The predicted octanol–water partition coefficient (Wildman–Crippen LogP) is 4.24.